The van der Waals surface area contributed by atoms with E-state index in [9.17, 15) is 0 Å². The number of ether oxygens (including phenoxy) is 1. The lowest BCUT2D eigenvalue weighted by Crippen LogP contribution is -2.05. The fourth-order valence-electron chi connectivity index (χ4n) is 1.71. The van der Waals surface area contributed by atoms with Crippen molar-refractivity contribution in [1.29, 1.82) is 0 Å². The molecule has 0 saturated heterocycles. The molecule has 1 aromatic heterocycles. The van der Waals surface area contributed by atoms with E-state index in [4.69, 9.17) is 4.74 Å². The molecule has 1 aliphatic heterocycles. The summed E-state index contributed by atoms with van der Waals surface area (Å²) >= 11 is 3.37. The zero-order valence-electron chi connectivity index (χ0n) is 7.85. The third-order valence-electron chi connectivity index (χ3n) is 2.41. The van der Waals surface area contributed by atoms with Crippen molar-refractivity contribution in [3.8, 4) is 17.1 Å². The number of benzene rings is 1. The predicted octanol–water partition coefficient (Wildman–Crippen LogP) is 2.10. The fourth-order valence-corrected chi connectivity index (χ4v) is 2.13. The maximum atomic E-state index is 5.63. The van der Waals surface area contributed by atoms with Gasteiger partial charge < -0.3 is 4.74 Å². The number of nitrogens with zero attached hydrogens (tertiary/aromatic N) is 3. The Morgan fingerprint density at radius 3 is 3.07 bits per heavy atom. The molecular weight excluding hydrogens is 258 g/mol. The smallest absolute Gasteiger partial charge is 0.200 e. The van der Waals surface area contributed by atoms with Gasteiger partial charge in [0.05, 0.1) is 12.1 Å². The lowest BCUT2D eigenvalue weighted by atomic mass is 10.2. The summed E-state index contributed by atoms with van der Waals surface area (Å²) < 4.78 is 8.39. The zero-order chi connectivity index (χ0) is 10.3. The minimum atomic E-state index is 0.640. The number of rotatable bonds is 0. The Kier molecular flexibility index (Phi) is 1.98. The summed E-state index contributed by atoms with van der Waals surface area (Å²) in [4.78, 5) is 0. The molecule has 0 atom stereocenters. The van der Waals surface area contributed by atoms with Gasteiger partial charge in [0.1, 0.15) is 12.4 Å². The quantitative estimate of drug-likeness (QED) is 0.733. The van der Waals surface area contributed by atoms with Crippen molar-refractivity contribution >= 4 is 15.9 Å². The van der Waals surface area contributed by atoms with Crippen LogP contribution in [-0.2, 0) is 6.54 Å². The first-order chi connectivity index (χ1) is 7.36. The Morgan fingerprint density at radius 1 is 1.27 bits per heavy atom. The van der Waals surface area contributed by atoms with E-state index in [0.717, 1.165) is 28.4 Å². The van der Waals surface area contributed by atoms with Crippen LogP contribution in [0.25, 0.3) is 11.4 Å². The van der Waals surface area contributed by atoms with Crippen LogP contribution in [0.5, 0.6) is 5.75 Å². The van der Waals surface area contributed by atoms with Crippen molar-refractivity contribution in [3.63, 3.8) is 0 Å². The molecule has 0 spiro atoms. The standard InChI is InChI=1S/C10H8BrN3O/c11-10-13-12-9-7-3-1-2-4-8(7)15-6-5-14(9)10/h1-4H,5-6H2. The average Bonchev–Trinajstić information content (AvgIpc) is 2.53. The first-order valence-electron chi connectivity index (χ1n) is 4.67. The van der Waals surface area contributed by atoms with Crippen LogP contribution in [0.3, 0.4) is 0 Å². The molecule has 0 bridgehead atoms. The zero-order valence-corrected chi connectivity index (χ0v) is 9.44. The van der Waals surface area contributed by atoms with Gasteiger partial charge in [-0.3, -0.25) is 4.57 Å². The van der Waals surface area contributed by atoms with Crippen molar-refractivity contribution in [1.82, 2.24) is 14.8 Å². The van der Waals surface area contributed by atoms with E-state index in [-0.39, 0.29) is 0 Å². The summed E-state index contributed by atoms with van der Waals surface area (Å²) in [5.74, 6) is 1.73. The van der Waals surface area contributed by atoms with Gasteiger partial charge >= 0.3 is 0 Å². The summed E-state index contributed by atoms with van der Waals surface area (Å²) in [7, 11) is 0. The Bertz CT molecular complexity index is 509. The number of para-hydroxylation sites is 1. The summed E-state index contributed by atoms with van der Waals surface area (Å²) in [6, 6.07) is 7.88. The largest absolute Gasteiger partial charge is 0.491 e. The average molecular weight is 266 g/mol. The molecule has 2 aromatic rings. The van der Waals surface area contributed by atoms with Crippen LogP contribution in [0.15, 0.2) is 29.0 Å². The van der Waals surface area contributed by atoms with Crippen LogP contribution in [0.1, 0.15) is 0 Å². The number of halogens is 1. The molecule has 0 unspecified atom stereocenters. The van der Waals surface area contributed by atoms with Crippen LogP contribution < -0.4 is 4.74 Å². The number of hydrogen-bond acceptors (Lipinski definition) is 3. The Hall–Kier alpha value is -1.36. The van der Waals surface area contributed by atoms with Gasteiger partial charge in [-0.1, -0.05) is 12.1 Å². The number of aromatic nitrogens is 3. The highest BCUT2D eigenvalue weighted by molar-refractivity contribution is 9.10. The van der Waals surface area contributed by atoms with E-state index in [1.165, 1.54) is 0 Å². The van der Waals surface area contributed by atoms with Crippen LogP contribution in [0.2, 0.25) is 0 Å². The van der Waals surface area contributed by atoms with Crippen LogP contribution in [0.4, 0.5) is 0 Å². The molecule has 3 rings (SSSR count). The number of hydrogen-bond donors (Lipinski definition) is 0. The molecule has 0 amide bonds. The van der Waals surface area contributed by atoms with Gasteiger partial charge in [0.15, 0.2) is 5.82 Å². The van der Waals surface area contributed by atoms with Gasteiger partial charge in [-0.25, -0.2) is 0 Å². The van der Waals surface area contributed by atoms with E-state index >= 15 is 0 Å². The molecule has 0 saturated carbocycles. The predicted molar refractivity (Wildman–Crippen MR) is 58.7 cm³/mol. The Labute approximate surface area is 95.0 Å². The fraction of sp³-hybridized carbons (Fsp3) is 0.200. The molecule has 2 heterocycles. The maximum Gasteiger partial charge on any atom is 0.200 e. The van der Waals surface area contributed by atoms with Crippen LogP contribution in [-0.4, -0.2) is 21.4 Å². The van der Waals surface area contributed by atoms with Gasteiger partial charge in [0, 0.05) is 0 Å². The molecule has 0 aliphatic carbocycles. The highest BCUT2D eigenvalue weighted by Crippen LogP contribution is 2.31. The highest BCUT2D eigenvalue weighted by Gasteiger charge is 2.18. The summed E-state index contributed by atoms with van der Waals surface area (Å²) in [5, 5.41) is 8.16. The molecule has 5 heteroatoms. The second-order valence-electron chi connectivity index (χ2n) is 3.29. The first-order valence-corrected chi connectivity index (χ1v) is 5.46. The first kappa shape index (κ1) is 8.91. The van der Waals surface area contributed by atoms with Gasteiger partial charge in [0.2, 0.25) is 4.73 Å². The monoisotopic (exact) mass is 265 g/mol. The van der Waals surface area contributed by atoms with Gasteiger partial charge in [-0.2, -0.15) is 0 Å². The van der Waals surface area contributed by atoms with Gasteiger partial charge in [0.25, 0.3) is 0 Å². The SMILES string of the molecule is Brc1nnc2n1CCOc1ccccc1-2. The van der Waals surface area contributed by atoms with Gasteiger partial charge in [-0.05, 0) is 28.1 Å². The van der Waals surface area contributed by atoms with Gasteiger partial charge in [-0.15, -0.1) is 10.2 Å². The molecule has 15 heavy (non-hydrogen) atoms. The van der Waals surface area contributed by atoms with E-state index in [2.05, 4.69) is 26.1 Å². The van der Waals surface area contributed by atoms with Crippen LogP contribution in [0, 0.1) is 0 Å². The molecule has 76 valence electrons. The second kappa shape index (κ2) is 3.34. The Balaban J connectivity index is 2.27. The van der Waals surface area contributed by atoms with Crippen molar-refractivity contribution in [3.05, 3.63) is 29.0 Å². The molecule has 1 aromatic carbocycles. The minimum absolute atomic E-state index is 0.640. The normalized spacial score (nSPS) is 13.7. The molecule has 4 nitrogen and oxygen atoms in total. The summed E-state index contributed by atoms with van der Waals surface area (Å²) in [5.41, 5.74) is 0.994. The molecule has 0 radical (unpaired) electrons. The Morgan fingerprint density at radius 2 is 2.13 bits per heavy atom. The second-order valence-corrected chi connectivity index (χ2v) is 4.00. The van der Waals surface area contributed by atoms with Crippen molar-refractivity contribution in [2.75, 3.05) is 6.61 Å². The van der Waals surface area contributed by atoms with E-state index in [0.29, 0.717) is 6.61 Å². The summed E-state index contributed by atoms with van der Waals surface area (Å²) in [6.45, 7) is 1.40. The molecule has 0 N–H and O–H groups in total. The third kappa shape index (κ3) is 1.34. The molecule has 1 aliphatic rings. The lowest BCUT2D eigenvalue weighted by molar-refractivity contribution is 0.305. The number of fused-ring (bicyclic) bond motifs is 3. The highest BCUT2D eigenvalue weighted by atomic mass is 79.9. The minimum Gasteiger partial charge on any atom is -0.491 e. The van der Waals surface area contributed by atoms with Crippen molar-refractivity contribution < 1.29 is 4.74 Å². The van der Waals surface area contributed by atoms with Crippen LogP contribution >= 0.6 is 15.9 Å². The third-order valence-corrected chi connectivity index (χ3v) is 2.99. The topological polar surface area (TPSA) is 39.9 Å². The van der Waals surface area contributed by atoms with Crippen molar-refractivity contribution in [2.24, 2.45) is 0 Å². The maximum absolute atomic E-state index is 5.63. The summed E-state index contributed by atoms with van der Waals surface area (Å²) in [6.07, 6.45) is 0. The van der Waals surface area contributed by atoms with E-state index in [1.807, 2.05) is 28.8 Å². The van der Waals surface area contributed by atoms with E-state index in [1.54, 1.807) is 0 Å². The molecule has 0 fully saturated rings. The van der Waals surface area contributed by atoms with E-state index < -0.39 is 0 Å². The lowest BCUT2D eigenvalue weighted by Gasteiger charge is -2.03. The van der Waals surface area contributed by atoms with Crippen molar-refractivity contribution in [2.45, 2.75) is 6.54 Å². The molecular formula is C10H8BrN3O.